The molecule has 2 rings (SSSR count). The van der Waals surface area contributed by atoms with Gasteiger partial charge in [0.25, 0.3) is 5.91 Å². The number of methoxy groups -OCH3 is 2. The lowest BCUT2D eigenvalue weighted by atomic mass is 10.1. The molecular formula is C19H21NO5. The van der Waals surface area contributed by atoms with Crippen LogP contribution in [-0.2, 0) is 11.2 Å². The van der Waals surface area contributed by atoms with Gasteiger partial charge >= 0.3 is 5.97 Å². The van der Waals surface area contributed by atoms with E-state index in [-0.39, 0.29) is 19.0 Å². The molecule has 25 heavy (non-hydrogen) atoms. The van der Waals surface area contributed by atoms with Gasteiger partial charge in [-0.15, -0.1) is 0 Å². The van der Waals surface area contributed by atoms with E-state index in [2.05, 4.69) is 0 Å². The van der Waals surface area contributed by atoms with Gasteiger partial charge in [-0.05, 0) is 36.2 Å². The van der Waals surface area contributed by atoms with E-state index in [1.165, 1.54) is 4.90 Å². The van der Waals surface area contributed by atoms with Crippen LogP contribution in [0, 0.1) is 0 Å². The average molecular weight is 343 g/mol. The number of hydrogen-bond acceptors (Lipinski definition) is 4. The van der Waals surface area contributed by atoms with E-state index in [1.807, 2.05) is 18.2 Å². The van der Waals surface area contributed by atoms with Crippen molar-refractivity contribution in [2.24, 2.45) is 0 Å². The maximum absolute atomic E-state index is 12.5. The summed E-state index contributed by atoms with van der Waals surface area (Å²) in [4.78, 5) is 25.0. The number of aliphatic carboxylic acids is 1. The Morgan fingerprint density at radius 1 is 1.00 bits per heavy atom. The lowest BCUT2D eigenvalue weighted by Gasteiger charge is -2.21. The van der Waals surface area contributed by atoms with Crippen molar-refractivity contribution >= 4 is 11.9 Å². The normalized spacial score (nSPS) is 10.2. The lowest BCUT2D eigenvalue weighted by molar-refractivity contribution is -0.137. The first-order chi connectivity index (χ1) is 12.0. The molecule has 132 valence electrons. The standard InChI is InChI=1S/C19H21NO5/c1-24-16-9-8-14(12-17(16)25-2)10-11-20(13-18(21)22)19(23)15-6-4-3-5-7-15/h3-9,12H,10-11,13H2,1-2H3,(H,21,22). The van der Waals surface area contributed by atoms with Gasteiger partial charge in [-0.25, -0.2) is 0 Å². The van der Waals surface area contributed by atoms with Crippen LogP contribution in [0.15, 0.2) is 48.5 Å². The number of nitrogens with zero attached hydrogens (tertiary/aromatic N) is 1. The molecule has 0 fully saturated rings. The van der Waals surface area contributed by atoms with E-state index >= 15 is 0 Å². The van der Waals surface area contributed by atoms with Crippen molar-refractivity contribution in [3.63, 3.8) is 0 Å². The van der Waals surface area contributed by atoms with Crippen molar-refractivity contribution in [3.8, 4) is 11.5 Å². The molecule has 0 aromatic heterocycles. The van der Waals surface area contributed by atoms with Gasteiger partial charge in [0, 0.05) is 12.1 Å². The van der Waals surface area contributed by atoms with E-state index in [0.717, 1.165) is 5.56 Å². The van der Waals surface area contributed by atoms with Crippen LogP contribution in [0.25, 0.3) is 0 Å². The molecule has 0 saturated carbocycles. The van der Waals surface area contributed by atoms with Crippen molar-refractivity contribution in [1.29, 1.82) is 0 Å². The predicted octanol–water partition coefficient (Wildman–Crippen LogP) is 2.47. The topological polar surface area (TPSA) is 76.1 Å². The van der Waals surface area contributed by atoms with E-state index in [0.29, 0.717) is 23.5 Å². The summed E-state index contributed by atoms with van der Waals surface area (Å²) in [6.07, 6.45) is 0.506. The Morgan fingerprint density at radius 2 is 1.68 bits per heavy atom. The molecule has 0 aliphatic rings. The van der Waals surface area contributed by atoms with E-state index in [1.54, 1.807) is 44.6 Å². The molecule has 0 heterocycles. The van der Waals surface area contributed by atoms with Gasteiger partial charge in [-0.1, -0.05) is 24.3 Å². The zero-order valence-corrected chi connectivity index (χ0v) is 14.3. The fourth-order valence-electron chi connectivity index (χ4n) is 2.48. The van der Waals surface area contributed by atoms with Gasteiger partial charge in [0.05, 0.1) is 14.2 Å². The summed E-state index contributed by atoms with van der Waals surface area (Å²) in [7, 11) is 3.11. The number of benzene rings is 2. The monoisotopic (exact) mass is 343 g/mol. The largest absolute Gasteiger partial charge is 0.493 e. The van der Waals surface area contributed by atoms with Gasteiger partial charge in [0.2, 0.25) is 0 Å². The van der Waals surface area contributed by atoms with Gasteiger partial charge in [0.1, 0.15) is 6.54 Å². The average Bonchev–Trinajstić information content (AvgIpc) is 2.64. The molecule has 0 radical (unpaired) electrons. The molecule has 0 atom stereocenters. The van der Waals surface area contributed by atoms with E-state index in [4.69, 9.17) is 14.6 Å². The van der Waals surface area contributed by atoms with Crippen molar-refractivity contribution in [1.82, 2.24) is 4.90 Å². The Kier molecular flexibility index (Phi) is 6.39. The maximum Gasteiger partial charge on any atom is 0.323 e. The molecule has 2 aromatic carbocycles. The first-order valence-electron chi connectivity index (χ1n) is 7.82. The molecule has 6 heteroatoms. The number of carbonyl (C=O) groups excluding carboxylic acids is 1. The van der Waals surface area contributed by atoms with Gasteiger partial charge in [-0.3, -0.25) is 9.59 Å². The lowest BCUT2D eigenvalue weighted by Crippen LogP contribution is -2.37. The van der Waals surface area contributed by atoms with Crippen LogP contribution in [0.4, 0.5) is 0 Å². The highest BCUT2D eigenvalue weighted by Crippen LogP contribution is 2.27. The fraction of sp³-hybridized carbons (Fsp3) is 0.263. The van der Waals surface area contributed by atoms with E-state index in [9.17, 15) is 9.59 Å². The maximum atomic E-state index is 12.5. The summed E-state index contributed by atoms with van der Waals surface area (Å²) in [5, 5.41) is 9.10. The Morgan fingerprint density at radius 3 is 2.28 bits per heavy atom. The van der Waals surface area contributed by atoms with Gasteiger partial charge < -0.3 is 19.5 Å². The quantitative estimate of drug-likeness (QED) is 0.797. The highest BCUT2D eigenvalue weighted by atomic mass is 16.5. The van der Waals surface area contributed by atoms with Gasteiger partial charge in [0.15, 0.2) is 11.5 Å². The summed E-state index contributed by atoms with van der Waals surface area (Å²) in [5.74, 6) is -0.131. The van der Waals surface area contributed by atoms with Crippen LogP contribution in [0.1, 0.15) is 15.9 Å². The molecule has 1 amide bonds. The van der Waals surface area contributed by atoms with Crippen molar-refractivity contribution in [2.75, 3.05) is 27.3 Å². The van der Waals surface area contributed by atoms with Crippen LogP contribution in [0.3, 0.4) is 0 Å². The third-order valence-corrected chi connectivity index (χ3v) is 3.75. The summed E-state index contributed by atoms with van der Waals surface area (Å²) in [6.45, 7) is -0.0590. The molecule has 0 unspecified atom stereocenters. The second kappa shape index (κ2) is 8.73. The number of amides is 1. The van der Waals surface area contributed by atoms with Crippen LogP contribution < -0.4 is 9.47 Å². The summed E-state index contributed by atoms with van der Waals surface area (Å²) in [5.41, 5.74) is 1.39. The van der Waals surface area contributed by atoms with Crippen LogP contribution in [0.2, 0.25) is 0 Å². The molecule has 0 aliphatic heterocycles. The minimum Gasteiger partial charge on any atom is -0.493 e. The third-order valence-electron chi connectivity index (χ3n) is 3.75. The fourth-order valence-corrected chi connectivity index (χ4v) is 2.48. The van der Waals surface area contributed by atoms with Crippen molar-refractivity contribution in [3.05, 3.63) is 59.7 Å². The van der Waals surface area contributed by atoms with Crippen LogP contribution in [-0.4, -0.2) is 49.2 Å². The van der Waals surface area contributed by atoms with Crippen LogP contribution >= 0.6 is 0 Å². The molecule has 0 bridgehead atoms. The Hall–Kier alpha value is -3.02. The minimum absolute atomic E-state index is 0.287. The molecule has 2 aromatic rings. The number of carboxylic acid groups (broad SMARTS) is 1. The number of carboxylic acids is 1. The van der Waals surface area contributed by atoms with Crippen molar-refractivity contribution in [2.45, 2.75) is 6.42 Å². The molecular weight excluding hydrogens is 322 g/mol. The van der Waals surface area contributed by atoms with Gasteiger partial charge in [-0.2, -0.15) is 0 Å². The highest BCUT2D eigenvalue weighted by Gasteiger charge is 2.18. The summed E-state index contributed by atoms with van der Waals surface area (Å²) >= 11 is 0. The first-order valence-corrected chi connectivity index (χ1v) is 7.82. The summed E-state index contributed by atoms with van der Waals surface area (Å²) < 4.78 is 10.5. The second-order valence-electron chi connectivity index (χ2n) is 5.43. The number of ether oxygens (including phenoxy) is 2. The minimum atomic E-state index is -1.04. The zero-order chi connectivity index (χ0) is 18.2. The van der Waals surface area contributed by atoms with Crippen LogP contribution in [0.5, 0.6) is 11.5 Å². The van der Waals surface area contributed by atoms with Crippen molar-refractivity contribution < 1.29 is 24.2 Å². The smallest absolute Gasteiger partial charge is 0.323 e. The zero-order valence-electron chi connectivity index (χ0n) is 14.3. The molecule has 0 aliphatic carbocycles. The number of rotatable bonds is 8. The molecule has 6 nitrogen and oxygen atoms in total. The molecule has 0 saturated heterocycles. The van der Waals surface area contributed by atoms with E-state index < -0.39 is 5.97 Å². The first kappa shape index (κ1) is 18.3. The Labute approximate surface area is 146 Å². The second-order valence-corrected chi connectivity index (χ2v) is 5.43. The molecule has 1 N–H and O–H groups in total. The SMILES string of the molecule is COc1ccc(CCN(CC(=O)O)C(=O)c2ccccc2)cc1OC. The third kappa shape index (κ3) is 4.97. The highest BCUT2D eigenvalue weighted by molar-refractivity contribution is 5.95. The Bertz CT molecular complexity index is 730. The molecule has 0 spiro atoms. The number of hydrogen-bond donors (Lipinski definition) is 1. The number of carbonyl (C=O) groups is 2. The predicted molar refractivity (Wildman–Crippen MR) is 93.2 cm³/mol. The Balaban J connectivity index is 2.12. The summed E-state index contributed by atoms with van der Waals surface area (Å²) in [6, 6.07) is 14.1.